The van der Waals surface area contributed by atoms with Crippen molar-refractivity contribution in [3.05, 3.63) is 47.9 Å². The van der Waals surface area contributed by atoms with Gasteiger partial charge in [0.1, 0.15) is 0 Å². The van der Waals surface area contributed by atoms with Crippen molar-refractivity contribution < 1.29 is 14.3 Å². The molecule has 132 valence electrons. The second-order valence-electron chi connectivity index (χ2n) is 5.85. The molecule has 4 rings (SSSR count). The lowest BCUT2D eigenvalue weighted by Crippen LogP contribution is -2.26. The maximum Gasteiger partial charge on any atom is 0.262 e. The molecule has 1 amide bonds. The normalized spacial score (nSPS) is 15.9. The van der Waals surface area contributed by atoms with Crippen molar-refractivity contribution in [3.63, 3.8) is 0 Å². The van der Waals surface area contributed by atoms with E-state index in [1.807, 2.05) is 13.0 Å². The fraction of sp³-hybridized carbons (Fsp3) is 0.222. The van der Waals surface area contributed by atoms with Crippen LogP contribution in [-0.2, 0) is 0 Å². The van der Waals surface area contributed by atoms with Crippen LogP contribution in [0, 0.1) is 0 Å². The fourth-order valence-corrected chi connectivity index (χ4v) is 3.12. The number of carbonyl (C=O) groups is 1. The average Bonchev–Trinajstić information content (AvgIpc) is 3.28. The van der Waals surface area contributed by atoms with E-state index >= 15 is 0 Å². The highest BCUT2D eigenvalue weighted by Crippen LogP contribution is 2.37. The van der Waals surface area contributed by atoms with Crippen LogP contribution in [0.5, 0.6) is 11.6 Å². The molecule has 0 spiro atoms. The van der Waals surface area contributed by atoms with E-state index in [-0.39, 0.29) is 11.9 Å². The lowest BCUT2D eigenvalue weighted by atomic mass is 10.1. The summed E-state index contributed by atoms with van der Waals surface area (Å²) in [6.07, 6.45) is 3.36. The predicted molar refractivity (Wildman–Crippen MR) is 94.4 cm³/mol. The maximum atomic E-state index is 12.7. The van der Waals surface area contributed by atoms with Gasteiger partial charge in [-0.25, -0.2) is 9.97 Å². The van der Waals surface area contributed by atoms with Crippen LogP contribution < -0.4 is 14.4 Å². The Morgan fingerprint density at radius 2 is 2.04 bits per heavy atom. The number of hydrogen-bond donors (Lipinski definition) is 1. The number of fused-ring (bicyclic) bond motifs is 1. The number of nitrogens with one attached hydrogen (secondary N) is 1. The van der Waals surface area contributed by atoms with Crippen LogP contribution in [0.4, 0.5) is 5.82 Å². The van der Waals surface area contributed by atoms with Crippen molar-refractivity contribution in [2.45, 2.75) is 13.0 Å². The SMILES string of the molecule is COc1cc(-c2ccc3c(n2)[C@@H](C)N(c2cc[nH]n2)C3=O)cnc1OC. The van der Waals surface area contributed by atoms with Gasteiger partial charge in [0.25, 0.3) is 11.8 Å². The summed E-state index contributed by atoms with van der Waals surface area (Å²) in [6, 6.07) is 6.96. The van der Waals surface area contributed by atoms with Gasteiger partial charge in [-0.3, -0.25) is 14.8 Å². The van der Waals surface area contributed by atoms with E-state index in [2.05, 4.69) is 15.2 Å². The zero-order valence-corrected chi connectivity index (χ0v) is 14.6. The second kappa shape index (κ2) is 6.14. The highest BCUT2D eigenvalue weighted by Gasteiger charge is 2.37. The van der Waals surface area contributed by atoms with Crippen molar-refractivity contribution in [1.29, 1.82) is 0 Å². The van der Waals surface area contributed by atoms with Crippen molar-refractivity contribution in [3.8, 4) is 22.9 Å². The number of hydrogen-bond acceptors (Lipinski definition) is 6. The molecule has 8 heteroatoms. The molecule has 1 aliphatic heterocycles. The van der Waals surface area contributed by atoms with Crippen LogP contribution in [0.2, 0.25) is 0 Å². The molecule has 3 aromatic heterocycles. The summed E-state index contributed by atoms with van der Waals surface area (Å²) in [4.78, 5) is 23.3. The zero-order valence-electron chi connectivity index (χ0n) is 14.6. The third-order valence-electron chi connectivity index (χ3n) is 4.42. The first kappa shape index (κ1) is 16.1. The van der Waals surface area contributed by atoms with Gasteiger partial charge in [-0.1, -0.05) is 0 Å². The maximum absolute atomic E-state index is 12.7. The molecule has 8 nitrogen and oxygen atoms in total. The molecule has 0 unspecified atom stereocenters. The topological polar surface area (TPSA) is 93.2 Å². The highest BCUT2D eigenvalue weighted by molar-refractivity contribution is 6.10. The summed E-state index contributed by atoms with van der Waals surface area (Å²) < 4.78 is 10.5. The lowest BCUT2D eigenvalue weighted by molar-refractivity contribution is 0.0991. The van der Waals surface area contributed by atoms with Gasteiger partial charge >= 0.3 is 0 Å². The highest BCUT2D eigenvalue weighted by atomic mass is 16.5. The van der Waals surface area contributed by atoms with E-state index in [0.29, 0.717) is 34.4 Å². The number of nitrogens with zero attached hydrogens (tertiary/aromatic N) is 4. The Labute approximate surface area is 149 Å². The third kappa shape index (κ3) is 2.38. The number of aromatic nitrogens is 4. The van der Waals surface area contributed by atoms with Crippen LogP contribution in [0.1, 0.15) is 29.0 Å². The molecule has 3 aromatic rings. The quantitative estimate of drug-likeness (QED) is 0.777. The minimum atomic E-state index is -0.214. The van der Waals surface area contributed by atoms with Crippen molar-refractivity contribution in [2.75, 3.05) is 19.1 Å². The summed E-state index contributed by atoms with van der Waals surface area (Å²) in [7, 11) is 3.09. The number of amides is 1. The molecule has 1 aliphatic rings. The predicted octanol–water partition coefficient (Wildman–Crippen LogP) is 2.61. The third-order valence-corrected chi connectivity index (χ3v) is 4.42. The number of ether oxygens (including phenoxy) is 2. The molecule has 0 saturated heterocycles. The van der Waals surface area contributed by atoms with Crippen LogP contribution in [0.3, 0.4) is 0 Å². The molecule has 4 heterocycles. The van der Waals surface area contributed by atoms with Gasteiger partial charge in [0.2, 0.25) is 0 Å². The zero-order chi connectivity index (χ0) is 18.3. The van der Waals surface area contributed by atoms with Crippen LogP contribution in [0.25, 0.3) is 11.3 Å². The Morgan fingerprint density at radius 1 is 1.19 bits per heavy atom. The summed E-state index contributed by atoms with van der Waals surface area (Å²) >= 11 is 0. The molecular weight excluding hydrogens is 334 g/mol. The van der Waals surface area contributed by atoms with E-state index in [1.54, 1.807) is 42.6 Å². The minimum absolute atomic E-state index is 0.107. The van der Waals surface area contributed by atoms with Crippen LogP contribution >= 0.6 is 0 Å². The number of pyridine rings is 2. The summed E-state index contributed by atoms with van der Waals surface area (Å²) in [5.41, 5.74) is 2.78. The summed E-state index contributed by atoms with van der Waals surface area (Å²) in [5, 5.41) is 6.85. The minimum Gasteiger partial charge on any atom is -0.491 e. The molecule has 26 heavy (non-hydrogen) atoms. The number of aromatic amines is 1. The van der Waals surface area contributed by atoms with E-state index in [9.17, 15) is 4.79 Å². The first-order valence-corrected chi connectivity index (χ1v) is 8.06. The standard InChI is InChI=1S/C18H17N5O3/c1-10-16-12(18(24)23(10)15-6-7-20-22-15)4-5-13(21-16)11-8-14(25-2)17(26-3)19-9-11/h4-10H,1-3H3,(H,20,22)/t10-/m1/s1. The first-order valence-electron chi connectivity index (χ1n) is 8.06. The van der Waals surface area contributed by atoms with Crippen molar-refractivity contribution in [1.82, 2.24) is 20.2 Å². The van der Waals surface area contributed by atoms with Gasteiger partial charge in [-0.2, -0.15) is 5.10 Å². The smallest absolute Gasteiger partial charge is 0.262 e. The molecule has 0 bridgehead atoms. The van der Waals surface area contributed by atoms with Crippen LogP contribution in [-0.4, -0.2) is 40.3 Å². The Balaban J connectivity index is 1.75. The average molecular weight is 351 g/mol. The van der Waals surface area contributed by atoms with Crippen molar-refractivity contribution in [2.24, 2.45) is 0 Å². The Kier molecular flexibility index (Phi) is 3.80. The molecule has 0 aliphatic carbocycles. The van der Waals surface area contributed by atoms with Gasteiger partial charge < -0.3 is 9.47 Å². The number of anilines is 1. The number of carbonyl (C=O) groups excluding carboxylic acids is 1. The van der Waals surface area contributed by atoms with E-state index in [1.165, 1.54) is 7.11 Å². The van der Waals surface area contributed by atoms with Gasteiger partial charge in [0, 0.05) is 24.0 Å². The fourth-order valence-electron chi connectivity index (χ4n) is 3.12. The van der Waals surface area contributed by atoms with Gasteiger partial charge in [0.05, 0.1) is 37.2 Å². The van der Waals surface area contributed by atoms with Gasteiger partial charge in [-0.05, 0) is 25.1 Å². The molecule has 0 fully saturated rings. The molecule has 0 saturated carbocycles. The van der Waals surface area contributed by atoms with E-state index in [0.717, 1.165) is 5.56 Å². The molecule has 1 atom stereocenters. The Morgan fingerprint density at radius 3 is 2.73 bits per heavy atom. The number of methoxy groups -OCH3 is 2. The number of rotatable bonds is 4. The van der Waals surface area contributed by atoms with Gasteiger partial charge in [-0.15, -0.1) is 0 Å². The Bertz CT molecular complexity index is 971. The molecule has 0 radical (unpaired) electrons. The molecule has 0 aromatic carbocycles. The lowest BCUT2D eigenvalue weighted by Gasteiger charge is -2.18. The first-order chi connectivity index (χ1) is 12.6. The molecular formula is C18H17N5O3. The monoisotopic (exact) mass is 351 g/mol. The van der Waals surface area contributed by atoms with Crippen molar-refractivity contribution >= 4 is 11.7 Å². The summed E-state index contributed by atoms with van der Waals surface area (Å²) in [5.74, 6) is 1.40. The Hall–Kier alpha value is -3.42. The van der Waals surface area contributed by atoms with E-state index < -0.39 is 0 Å². The van der Waals surface area contributed by atoms with Gasteiger partial charge in [0.15, 0.2) is 11.6 Å². The molecule has 1 N–H and O–H groups in total. The van der Waals surface area contributed by atoms with E-state index in [4.69, 9.17) is 14.5 Å². The largest absolute Gasteiger partial charge is 0.491 e. The summed E-state index contributed by atoms with van der Waals surface area (Å²) in [6.45, 7) is 1.93. The van der Waals surface area contributed by atoms with Crippen LogP contribution in [0.15, 0.2) is 36.7 Å². The number of H-pyrrole nitrogens is 1. The second-order valence-corrected chi connectivity index (χ2v) is 5.85.